The minimum Gasteiger partial charge on any atom is -0.493 e. The van der Waals surface area contributed by atoms with Crippen molar-refractivity contribution in [2.75, 3.05) is 20.8 Å². The van der Waals surface area contributed by atoms with Crippen molar-refractivity contribution in [2.45, 2.75) is 13.5 Å². The van der Waals surface area contributed by atoms with Crippen molar-refractivity contribution in [3.05, 3.63) is 82.4 Å². The van der Waals surface area contributed by atoms with Crippen molar-refractivity contribution in [1.82, 2.24) is 5.43 Å². The molecule has 0 aliphatic heterocycles. The van der Waals surface area contributed by atoms with Gasteiger partial charge in [-0.15, -0.1) is 0 Å². The monoisotopic (exact) mass is 468 g/mol. The third-order valence-electron chi connectivity index (χ3n) is 4.60. The van der Waals surface area contributed by atoms with Gasteiger partial charge >= 0.3 is 0 Å². The second-order valence-corrected chi connectivity index (χ2v) is 7.26. The summed E-state index contributed by atoms with van der Waals surface area (Å²) in [6, 6.07) is 17.7. The van der Waals surface area contributed by atoms with E-state index in [-0.39, 0.29) is 5.91 Å². The number of hydrogen-bond acceptors (Lipinski definition) is 6. The van der Waals surface area contributed by atoms with Gasteiger partial charge in [-0.3, -0.25) is 4.79 Å². The van der Waals surface area contributed by atoms with Crippen LogP contribution in [0.5, 0.6) is 23.0 Å². The van der Waals surface area contributed by atoms with E-state index in [1.807, 2.05) is 37.3 Å². The van der Waals surface area contributed by atoms with Gasteiger partial charge in [0.15, 0.2) is 23.0 Å². The summed E-state index contributed by atoms with van der Waals surface area (Å²) >= 11 is 5.91. The molecule has 0 radical (unpaired) electrons. The van der Waals surface area contributed by atoms with Crippen molar-refractivity contribution in [3.8, 4) is 23.0 Å². The summed E-state index contributed by atoms with van der Waals surface area (Å²) in [7, 11) is 3.08. The van der Waals surface area contributed by atoms with Crippen LogP contribution >= 0.6 is 11.6 Å². The molecule has 8 heteroatoms. The van der Waals surface area contributed by atoms with Crippen LogP contribution in [0.4, 0.5) is 0 Å². The highest BCUT2D eigenvalue weighted by Crippen LogP contribution is 2.29. The predicted octanol–water partition coefficient (Wildman–Crippen LogP) is 5.10. The Morgan fingerprint density at radius 1 is 0.909 bits per heavy atom. The van der Waals surface area contributed by atoms with Crippen LogP contribution in [0.1, 0.15) is 28.4 Å². The van der Waals surface area contributed by atoms with E-state index in [1.54, 1.807) is 37.4 Å². The fourth-order valence-corrected chi connectivity index (χ4v) is 3.06. The third kappa shape index (κ3) is 6.63. The van der Waals surface area contributed by atoms with Crippen molar-refractivity contribution < 1.29 is 23.7 Å². The first-order valence-electron chi connectivity index (χ1n) is 10.2. The Balaban J connectivity index is 1.62. The van der Waals surface area contributed by atoms with E-state index in [9.17, 15) is 4.79 Å². The van der Waals surface area contributed by atoms with Gasteiger partial charge in [-0.1, -0.05) is 23.7 Å². The SMILES string of the molecule is CCOc1ccc(C(=O)N/N=C/c2ccc(OCc3ccc(Cl)cc3)c(OC)c2)cc1OC. The van der Waals surface area contributed by atoms with Crippen molar-refractivity contribution in [2.24, 2.45) is 5.10 Å². The molecule has 3 aromatic carbocycles. The molecule has 1 N–H and O–H groups in total. The van der Waals surface area contributed by atoms with E-state index >= 15 is 0 Å². The van der Waals surface area contributed by atoms with Gasteiger partial charge in [-0.25, -0.2) is 5.43 Å². The molecule has 0 atom stereocenters. The molecule has 3 aromatic rings. The summed E-state index contributed by atoms with van der Waals surface area (Å²) in [6.45, 7) is 2.76. The molecule has 0 saturated heterocycles. The standard InChI is InChI=1S/C25H25ClN2O5/c1-4-32-21-12-8-19(14-24(21)31-3)25(29)28-27-15-18-7-11-22(23(13-18)30-2)33-16-17-5-9-20(26)10-6-17/h5-15H,4,16H2,1-3H3,(H,28,29)/b27-15+. The number of methoxy groups -OCH3 is 2. The first kappa shape index (κ1) is 23.9. The zero-order chi connectivity index (χ0) is 23.6. The molecule has 7 nitrogen and oxygen atoms in total. The smallest absolute Gasteiger partial charge is 0.271 e. The number of nitrogens with one attached hydrogen (secondary N) is 1. The molecule has 0 heterocycles. The number of halogens is 1. The zero-order valence-corrected chi connectivity index (χ0v) is 19.4. The lowest BCUT2D eigenvalue weighted by Gasteiger charge is -2.11. The quantitative estimate of drug-likeness (QED) is 0.331. The number of hydrazone groups is 1. The van der Waals surface area contributed by atoms with Crippen LogP contribution in [0, 0.1) is 0 Å². The molecule has 0 unspecified atom stereocenters. The number of rotatable bonds is 10. The minimum atomic E-state index is -0.373. The molecule has 0 aliphatic carbocycles. The van der Waals surface area contributed by atoms with Crippen LogP contribution in [-0.4, -0.2) is 32.9 Å². The normalized spacial score (nSPS) is 10.7. The Hall–Kier alpha value is -3.71. The van der Waals surface area contributed by atoms with E-state index in [0.717, 1.165) is 11.1 Å². The maximum absolute atomic E-state index is 12.4. The Morgan fingerprint density at radius 2 is 1.58 bits per heavy atom. The second kappa shape index (κ2) is 11.8. The molecular formula is C25H25ClN2O5. The Labute approximate surface area is 197 Å². The number of carbonyl (C=O) groups excluding carboxylic acids is 1. The number of hydrogen-bond donors (Lipinski definition) is 1. The van der Waals surface area contributed by atoms with Gasteiger partial charge in [0.2, 0.25) is 0 Å². The topological polar surface area (TPSA) is 78.4 Å². The van der Waals surface area contributed by atoms with E-state index in [1.165, 1.54) is 13.3 Å². The van der Waals surface area contributed by atoms with Crippen molar-refractivity contribution >= 4 is 23.7 Å². The van der Waals surface area contributed by atoms with Gasteiger partial charge in [0.25, 0.3) is 5.91 Å². The number of nitrogens with zero attached hydrogens (tertiary/aromatic N) is 1. The lowest BCUT2D eigenvalue weighted by Crippen LogP contribution is -2.17. The third-order valence-corrected chi connectivity index (χ3v) is 4.85. The molecule has 0 saturated carbocycles. The Kier molecular flexibility index (Phi) is 8.55. The summed E-state index contributed by atoms with van der Waals surface area (Å²) in [5.41, 5.74) is 4.62. The average Bonchev–Trinajstić information content (AvgIpc) is 2.84. The maximum atomic E-state index is 12.4. The second-order valence-electron chi connectivity index (χ2n) is 6.82. The van der Waals surface area contributed by atoms with Crippen LogP contribution in [0.3, 0.4) is 0 Å². The van der Waals surface area contributed by atoms with Gasteiger partial charge in [0.05, 0.1) is 27.0 Å². The molecule has 172 valence electrons. The first-order valence-corrected chi connectivity index (χ1v) is 10.6. The number of ether oxygens (including phenoxy) is 4. The Morgan fingerprint density at radius 3 is 2.27 bits per heavy atom. The molecule has 1 amide bonds. The van der Waals surface area contributed by atoms with Crippen LogP contribution in [0.25, 0.3) is 0 Å². The number of amides is 1. The largest absolute Gasteiger partial charge is 0.493 e. The molecule has 0 bridgehead atoms. The molecular weight excluding hydrogens is 444 g/mol. The average molecular weight is 469 g/mol. The van der Waals surface area contributed by atoms with Crippen LogP contribution in [0.2, 0.25) is 5.02 Å². The van der Waals surface area contributed by atoms with Gasteiger partial charge in [-0.2, -0.15) is 5.10 Å². The van der Waals surface area contributed by atoms with Gasteiger partial charge in [-0.05, 0) is 66.6 Å². The van der Waals surface area contributed by atoms with E-state index < -0.39 is 0 Å². The van der Waals surface area contributed by atoms with E-state index in [2.05, 4.69) is 10.5 Å². The van der Waals surface area contributed by atoms with Crippen LogP contribution in [-0.2, 0) is 6.61 Å². The molecule has 0 aromatic heterocycles. The number of carbonyl (C=O) groups is 1. The highest BCUT2D eigenvalue weighted by molar-refractivity contribution is 6.30. The first-order chi connectivity index (χ1) is 16.0. The molecule has 0 fully saturated rings. The highest BCUT2D eigenvalue weighted by atomic mass is 35.5. The summed E-state index contributed by atoms with van der Waals surface area (Å²) < 4.78 is 22.0. The highest BCUT2D eigenvalue weighted by Gasteiger charge is 2.11. The van der Waals surface area contributed by atoms with Crippen LogP contribution < -0.4 is 24.4 Å². The molecule has 0 spiro atoms. The lowest BCUT2D eigenvalue weighted by atomic mass is 10.2. The van der Waals surface area contributed by atoms with Gasteiger partial charge < -0.3 is 18.9 Å². The summed E-state index contributed by atoms with van der Waals surface area (Å²) in [5.74, 6) is 1.83. The fourth-order valence-electron chi connectivity index (χ4n) is 2.94. The van der Waals surface area contributed by atoms with E-state index in [0.29, 0.717) is 46.8 Å². The molecule has 3 rings (SSSR count). The van der Waals surface area contributed by atoms with Gasteiger partial charge in [0.1, 0.15) is 6.61 Å². The predicted molar refractivity (Wildman–Crippen MR) is 128 cm³/mol. The van der Waals surface area contributed by atoms with Gasteiger partial charge in [0, 0.05) is 10.6 Å². The lowest BCUT2D eigenvalue weighted by molar-refractivity contribution is 0.0954. The Bertz CT molecular complexity index is 1120. The fraction of sp³-hybridized carbons (Fsp3) is 0.200. The van der Waals surface area contributed by atoms with Crippen LogP contribution in [0.15, 0.2) is 65.8 Å². The summed E-state index contributed by atoms with van der Waals surface area (Å²) in [4.78, 5) is 12.4. The number of benzene rings is 3. The van der Waals surface area contributed by atoms with Crippen molar-refractivity contribution in [1.29, 1.82) is 0 Å². The zero-order valence-electron chi connectivity index (χ0n) is 18.6. The minimum absolute atomic E-state index is 0.373. The maximum Gasteiger partial charge on any atom is 0.271 e. The molecule has 33 heavy (non-hydrogen) atoms. The van der Waals surface area contributed by atoms with Crippen molar-refractivity contribution in [3.63, 3.8) is 0 Å². The van der Waals surface area contributed by atoms with E-state index in [4.69, 9.17) is 30.5 Å². The summed E-state index contributed by atoms with van der Waals surface area (Å²) in [5, 5.41) is 4.71. The summed E-state index contributed by atoms with van der Waals surface area (Å²) in [6.07, 6.45) is 1.52. The molecule has 0 aliphatic rings.